The van der Waals surface area contributed by atoms with E-state index in [9.17, 15) is 9.59 Å². The molecule has 0 saturated carbocycles. The predicted molar refractivity (Wildman–Crippen MR) is 124 cm³/mol. The summed E-state index contributed by atoms with van der Waals surface area (Å²) >= 11 is 0. The number of hydrogen-bond acceptors (Lipinski definition) is 5. The number of amides is 1. The van der Waals surface area contributed by atoms with Gasteiger partial charge >= 0.3 is 0 Å². The number of anilines is 3. The summed E-state index contributed by atoms with van der Waals surface area (Å²) in [5, 5.41) is 6.21. The number of benzene rings is 2. The van der Waals surface area contributed by atoms with Crippen LogP contribution in [-0.2, 0) is 4.79 Å². The van der Waals surface area contributed by atoms with Crippen molar-refractivity contribution in [3.63, 3.8) is 0 Å². The second kappa shape index (κ2) is 9.76. The van der Waals surface area contributed by atoms with Gasteiger partial charge < -0.3 is 20.4 Å². The van der Waals surface area contributed by atoms with Crippen LogP contribution in [0.1, 0.15) is 36.7 Å². The third-order valence-corrected chi connectivity index (χ3v) is 5.72. The molecule has 1 aliphatic heterocycles. The van der Waals surface area contributed by atoms with E-state index in [0.717, 1.165) is 44.0 Å². The van der Waals surface area contributed by atoms with Crippen LogP contribution in [0.25, 0.3) is 0 Å². The third-order valence-electron chi connectivity index (χ3n) is 5.72. The molecule has 0 aromatic heterocycles. The zero-order valence-electron chi connectivity index (χ0n) is 18.4. The number of likely N-dealkylation sites (N-methyl/N-ethyl adjacent to an activating group) is 1. The summed E-state index contributed by atoms with van der Waals surface area (Å²) in [5.41, 5.74) is 4.62. The Hall–Kier alpha value is -2.86. The van der Waals surface area contributed by atoms with Gasteiger partial charge in [-0.1, -0.05) is 6.92 Å². The van der Waals surface area contributed by atoms with Crippen LogP contribution >= 0.6 is 0 Å². The lowest BCUT2D eigenvalue weighted by molar-refractivity contribution is -0.116. The minimum absolute atomic E-state index is 0.00840. The fourth-order valence-corrected chi connectivity index (χ4v) is 3.67. The molecule has 30 heavy (non-hydrogen) atoms. The Morgan fingerprint density at radius 2 is 1.70 bits per heavy atom. The Morgan fingerprint density at radius 3 is 2.27 bits per heavy atom. The van der Waals surface area contributed by atoms with E-state index in [1.807, 2.05) is 6.92 Å². The van der Waals surface area contributed by atoms with Crippen LogP contribution in [0, 0.1) is 6.92 Å². The average Bonchev–Trinajstić information content (AvgIpc) is 2.75. The molecule has 160 valence electrons. The Kier molecular flexibility index (Phi) is 7.11. The summed E-state index contributed by atoms with van der Waals surface area (Å²) in [7, 11) is 0. The number of nitrogens with one attached hydrogen (secondary N) is 2. The summed E-state index contributed by atoms with van der Waals surface area (Å²) < 4.78 is 0. The van der Waals surface area contributed by atoms with Gasteiger partial charge in [0.1, 0.15) is 6.04 Å². The van der Waals surface area contributed by atoms with Crippen molar-refractivity contribution in [2.45, 2.75) is 33.7 Å². The van der Waals surface area contributed by atoms with Crippen molar-refractivity contribution < 1.29 is 9.59 Å². The Morgan fingerprint density at radius 1 is 1.03 bits per heavy atom. The molecule has 2 N–H and O–H groups in total. The van der Waals surface area contributed by atoms with Gasteiger partial charge in [0.05, 0.1) is 0 Å². The molecule has 6 nitrogen and oxygen atoms in total. The van der Waals surface area contributed by atoms with E-state index >= 15 is 0 Å². The highest BCUT2D eigenvalue weighted by molar-refractivity contribution is 5.98. The molecule has 0 spiro atoms. The molecule has 1 fully saturated rings. The molecule has 6 heteroatoms. The van der Waals surface area contributed by atoms with Gasteiger partial charge in [0.2, 0.25) is 5.91 Å². The molecule has 2 aromatic carbocycles. The molecule has 1 amide bonds. The summed E-state index contributed by atoms with van der Waals surface area (Å²) in [4.78, 5) is 28.8. The molecule has 0 radical (unpaired) electrons. The first-order chi connectivity index (χ1) is 14.4. The largest absolute Gasteiger partial charge is 0.374 e. The van der Waals surface area contributed by atoms with Crippen LogP contribution in [0.4, 0.5) is 17.1 Å². The lowest BCUT2D eigenvalue weighted by atomic mass is 10.1. The van der Waals surface area contributed by atoms with Crippen LogP contribution in [-0.4, -0.2) is 55.4 Å². The first-order valence-electron chi connectivity index (χ1n) is 10.6. The molecule has 2 aromatic rings. The lowest BCUT2D eigenvalue weighted by Gasteiger charge is -2.35. The zero-order valence-corrected chi connectivity index (χ0v) is 18.4. The maximum atomic E-state index is 12.6. The zero-order chi connectivity index (χ0) is 21.7. The first-order valence-corrected chi connectivity index (χ1v) is 10.6. The SMILES string of the molecule is CCN1CCN(c2ccc(NC(C)C(=O)Nc3ccc(C(C)=O)cc3)c(C)c2)CC1. The van der Waals surface area contributed by atoms with Crippen LogP contribution in [0.15, 0.2) is 42.5 Å². The lowest BCUT2D eigenvalue weighted by Crippen LogP contribution is -2.46. The van der Waals surface area contributed by atoms with E-state index in [2.05, 4.69) is 52.5 Å². The summed E-state index contributed by atoms with van der Waals surface area (Å²) in [6.07, 6.45) is 0. The maximum Gasteiger partial charge on any atom is 0.246 e. The van der Waals surface area contributed by atoms with Gasteiger partial charge in [0, 0.05) is 48.8 Å². The van der Waals surface area contributed by atoms with Crippen molar-refractivity contribution in [2.24, 2.45) is 0 Å². The molecule has 3 rings (SSSR count). The van der Waals surface area contributed by atoms with Crippen molar-refractivity contribution in [3.05, 3.63) is 53.6 Å². The fraction of sp³-hybridized carbons (Fsp3) is 0.417. The van der Waals surface area contributed by atoms with Crippen LogP contribution in [0.5, 0.6) is 0 Å². The van der Waals surface area contributed by atoms with E-state index in [0.29, 0.717) is 11.3 Å². The topological polar surface area (TPSA) is 64.7 Å². The highest BCUT2D eigenvalue weighted by Crippen LogP contribution is 2.24. The highest BCUT2D eigenvalue weighted by atomic mass is 16.2. The van der Waals surface area contributed by atoms with E-state index < -0.39 is 6.04 Å². The monoisotopic (exact) mass is 408 g/mol. The molecule has 1 aliphatic rings. The predicted octanol–water partition coefficient (Wildman–Crippen LogP) is 3.78. The van der Waals surface area contributed by atoms with E-state index in [1.54, 1.807) is 24.3 Å². The smallest absolute Gasteiger partial charge is 0.246 e. The Balaban J connectivity index is 1.58. The standard InChI is InChI=1S/C24H32N4O2/c1-5-27-12-14-28(15-13-27)22-10-11-23(17(2)16-22)25-18(3)24(30)26-21-8-6-20(7-9-21)19(4)29/h6-11,16,18,25H,5,12-15H2,1-4H3,(H,26,30). The fourth-order valence-electron chi connectivity index (χ4n) is 3.67. The van der Waals surface area contributed by atoms with Crippen LogP contribution in [0.3, 0.4) is 0 Å². The van der Waals surface area contributed by atoms with Crippen LogP contribution in [0.2, 0.25) is 0 Å². The van der Waals surface area contributed by atoms with Crippen LogP contribution < -0.4 is 15.5 Å². The molecule has 1 saturated heterocycles. The highest BCUT2D eigenvalue weighted by Gasteiger charge is 2.18. The van der Waals surface area contributed by atoms with Crippen molar-refractivity contribution in [3.8, 4) is 0 Å². The van der Waals surface area contributed by atoms with Gasteiger partial charge in [0.15, 0.2) is 5.78 Å². The molecule has 1 atom stereocenters. The molecule has 1 heterocycles. The van der Waals surface area contributed by atoms with Crippen molar-refractivity contribution >= 4 is 28.8 Å². The van der Waals surface area contributed by atoms with Gasteiger partial charge in [0.25, 0.3) is 0 Å². The molecule has 0 bridgehead atoms. The maximum absolute atomic E-state index is 12.6. The normalized spacial score (nSPS) is 15.5. The summed E-state index contributed by atoms with van der Waals surface area (Å²) in [6.45, 7) is 13.0. The summed E-state index contributed by atoms with van der Waals surface area (Å²) in [5.74, 6) is -0.112. The van der Waals surface area contributed by atoms with Gasteiger partial charge in [-0.3, -0.25) is 9.59 Å². The van der Waals surface area contributed by atoms with Crippen molar-refractivity contribution in [1.29, 1.82) is 0 Å². The molecular weight excluding hydrogens is 376 g/mol. The number of Topliss-reactive ketones (excluding diaryl/α,β-unsaturated/α-hetero) is 1. The van der Waals surface area contributed by atoms with E-state index in [1.165, 1.54) is 12.6 Å². The average molecular weight is 409 g/mol. The minimum Gasteiger partial charge on any atom is -0.374 e. The van der Waals surface area contributed by atoms with Gasteiger partial charge in [-0.05, 0) is 75.3 Å². The number of carbonyl (C=O) groups excluding carboxylic acids is 2. The molecule has 0 aliphatic carbocycles. The number of hydrogen-bond donors (Lipinski definition) is 2. The Bertz CT molecular complexity index is 887. The number of ketones is 1. The molecule has 1 unspecified atom stereocenters. The third kappa shape index (κ3) is 5.39. The number of aryl methyl sites for hydroxylation is 1. The Labute approximate surface area is 179 Å². The number of piperazine rings is 1. The van der Waals surface area contributed by atoms with E-state index in [-0.39, 0.29) is 11.7 Å². The minimum atomic E-state index is -0.393. The number of carbonyl (C=O) groups is 2. The number of nitrogens with zero attached hydrogens (tertiary/aromatic N) is 2. The van der Waals surface area contributed by atoms with Gasteiger partial charge in [-0.15, -0.1) is 0 Å². The second-order valence-corrected chi connectivity index (χ2v) is 7.91. The van der Waals surface area contributed by atoms with Gasteiger partial charge in [-0.25, -0.2) is 0 Å². The van der Waals surface area contributed by atoms with E-state index in [4.69, 9.17) is 0 Å². The summed E-state index contributed by atoms with van der Waals surface area (Å²) in [6, 6.07) is 12.9. The van der Waals surface area contributed by atoms with Crippen molar-refractivity contribution in [2.75, 3.05) is 48.3 Å². The number of rotatable bonds is 7. The quantitative estimate of drug-likeness (QED) is 0.683. The molecular formula is C24H32N4O2. The van der Waals surface area contributed by atoms with Crippen molar-refractivity contribution in [1.82, 2.24) is 4.90 Å². The second-order valence-electron chi connectivity index (χ2n) is 7.91. The first kappa shape index (κ1) is 21.8. The van der Waals surface area contributed by atoms with Gasteiger partial charge in [-0.2, -0.15) is 0 Å².